The third-order valence-corrected chi connectivity index (χ3v) is 5.26. The molecule has 0 bridgehead atoms. The number of rotatable bonds is 2. The number of urea groups is 1. The molecule has 4 rings (SSSR count). The van der Waals surface area contributed by atoms with Gasteiger partial charge in [-0.2, -0.15) is 0 Å². The van der Waals surface area contributed by atoms with Crippen molar-refractivity contribution >= 4 is 22.6 Å². The highest BCUT2D eigenvalue weighted by molar-refractivity contribution is 5.92. The Labute approximate surface area is 147 Å². The van der Waals surface area contributed by atoms with E-state index >= 15 is 0 Å². The number of carbonyl (C=O) groups excluding carboxylic acids is 1. The summed E-state index contributed by atoms with van der Waals surface area (Å²) in [5.41, 5.74) is 3.24. The predicted molar refractivity (Wildman–Crippen MR) is 102 cm³/mol. The molecule has 0 aliphatic carbocycles. The Kier molecular flexibility index (Phi) is 3.96. The van der Waals surface area contributed by atoms with E-state index in [0.29, 0.717) is 0 Å². The molecule has 4 heteroatoms. The lowest BCUT2D eigenvalue weighted by atomic mass is 9.76. The highest BCUT2D eigenvalue weighted by Crippen LogP contribution is 2.33. The largest absolute Gasteiger partial charge is 0.361 e. The topological polar surface area (TPSA) is 48.1 Å². The summed E-state index contributed by atoms with van der Waals surface area (Å²) in [6, 6.07) is 18.5. The average Bonchev–Trinajstić information content (AvgIpc) is 3.10. The monoisotopic (exact) mass is 333 g/mol. The molecular formula is C21H23N3O. The fraction of sp³-hybridized carbons (Fsp3) is 0.286. The van der Waals surface area contributed by atoms with Gasteiger partial charge in [-0.3, -0.25) is 0 Å². The molecule has 1 atom stereocenters. The zero-order valence-corrected chi connectivity index (χ0v) is 14.5. The van der Waals surface area contributed by atoms with E-state index in [1.54, 1.807) is 0 Å². The molecule has 1 fully saturated rings. The Morgan fingerprint density at radius 2 is 2.00 bits per heavy atom. The number of carbonyl (C=O) groups is 1. The predicted octanol–water partition coefficient (Wildman–Crippen LogP) is 4.75. The van der Waals surface area contributed by atoms with Crippen LogP contribution in [0, 0.1) is 0 Å². The van der Waals surface area contributed by atoms with Crippen LogP contribution in [0.1, 0.15) is 25.3 Å². The maximum absolute atomic E-state index is 12.8. The SMILES string of the molecule is CC1(c2ccccc2)CCCN(C(=O)Nc2ccc3[nH]ccc3c2)C1. The van der Waals surface area contributed by atoms with Crippen molar-refractivity contribution < 1.29 is 4.79 Å². The number of hydrogen-bond donors (Lipinski definition) is 2. The van der Waals surface area contributed by atoms with Gasteiger partial charge in [-0.15, -0.1) is 0 Å². The second-order valence-corrected chi connectivity index (χ2v) is 7.16. The molecular weight excluding hydrogens is 310 g/mol. The van der Waals surface area contributed by atoms with Gasteiger partial charge in [-0.25, -0.2) is 4.79 Å². The summed E-state index contributed by atoms with van der Waals surface area (Å²) in [5.74, 6) is 0. The molecule has 4 nitrogen and oxygen atoms in total. The third kappa shape index (κ3) is 3.12. The summed E-state index contributed by atoms with van der Waals surface area (Å²) in [4.78, 5) is 17.9. The van der Waals surface area contributed by atoms with Gasteiger partial charge in [0, 0.05) is 41.3 Å². The summed E-state index contributed by atoms with van der Waals surface area (Å²) in [7, 11) is 0. The first kappa shape index (κ1) is 15.8. The van der Waals surface area contributed by atoms with Gasteiger partial charge in [-0.05, 0) is 42.7 Å². The normalized spacial score (nSPS) is 20.6. The van der Waals surface area contributed by atoms with Crippen molar-refractivity contribution in [3.63, 3.8) is 0 Å². The fourth-order valence-corrected chi connectivity index (χ4v) is 3.82. The molecule has 0 saturated carbocycles. The van der Waals surface area contributed by atoms with Crippen molar-refractivity contribution in [3.8, 4) is 0 Å². The highest BCUT2D eigenvalue weighted by Gasteiger charge is 2.34. The second kappa shape index (κ2) is 6.28. The van der Waals surface area contributed by atoms with Crippen molar-refractivity contribution in [2.45, 2.75) is 25.2 Å². The maximum Gasteiger partial charge on any atom is 0.321 e. The van der Waals surface area contributed by atoms with E-state index in [1.165, 1.54) is 5.56 Å². The smallest absolute Gasteiger partial charge is 0.321 e. The lowest BCUT2D eigenvalue weighted by Crippen LogP contribution is -2.48. The van der Waals surface area contributed by atoms with Crippen LogP contribution in [0.2, 0.25) is 0 Å². The molecule has 0 radical (unpaired) electrons. The van der Waals surface area contributed by atoms with Crippen molar-refractivity contribution in [3.05, 3.63) is 66.4 Å². The zero-order valence-electron chi connectivity index (χ0n) is 14.5. The molecule has 25 heavy (non-hydrogen) atoms. The number of benzene rings is 2. The number of H-pyrrole nitrogens is 1. The van der Waals surface area contributed by atoms with Gasteiger partial charge in [0.1, 0.15) is 0 Å². The Bertz CT molecular complexity index is 886. The molecule has 2 aromatic carbocycles. The minimum atomic E-state index is -0.0169. The average molecular weight is 333 g/mol. The molecule has 3 aromatic rings. The molecule has 1 unspecified atom stereocenters. The van der Waals surface area contributed by atoms with Gasteiger partial charge in [0.25, 0.3) is 0 Å². The summed E-state index contributed by atoms with van der Waals surface area (Å²) in [5, 5.41) is 4.16. The third-order valence-electron chi connectivity index (χ3n) is 5.26. The van der Waals surface area contributed by atoms with Crippen LogP contribution < -0.4 is 5.32 Å². The Balaban J connectivity index is 1.49. The van der Waals surface area contributed by atoms with Crippen molar-refractivity contribution in [1.29, 1.82) is 0 Å². The maximum atomic E-state index is 12.8. The number of anilines is 1. The molecule has 2 heterocycles. The van der Waals surface area contributed by atoms with Crippen LogP contribution in [-0.4, -0.2) is 29.0 Å². The van der Waals surface area contributed by atoms with Crippen LogP contribution in [0.15, 0.2) is 60.8 Å². The molecule has 128 valence electrons. The molecule has 2 N–H and O–H groups in total. The van der Waals surface area contributed by atoms with Crippen molar-refractivity contribution in [2.75, 3.05) is 18.4 Å². The van der Waals surface area contributed by atoms with Crippen molar-refractivity contribution in [2.24, 2.45) is 0 Å². The van der Waals surface area contributed by atoms with Gasteiger partial charge < -0.3 is 15.2 Å². The zero-order chi connectivity index (χ0) is 17.3. The molecule has 0 spiro atoms. The highest BCUT2D eigenvalue weighted by atomic mass is 16.2. The number of nitrogens with zero attached hydrogens (tertiary/aromatic N) is 1. The van der Waals surface area contributed by atoms with Gasteiger partial charge in [0.05, 0.1) is 0 Å². The summed E-state index contributed by atoms with van der Waals surface area (Å²) in [6.45, 7) is 3.81. The van der Waals surface area contributed by atoms with Gasteiger partial charge in [-0.1, -0.05) is 37.3 Å². The van der Waals surface area contributed by atoms with Gasteiger partial charge in [0.2, 0.25) is 0 Å². The Hall–Kier alpha value is -2.75. The minimum Gasteiger partial charge on any atom is -0.361 e. The second-order valence-electron chi connectivity index (χ2n) is 7.16. The molecule has 1 aliphatic heterocycles. The van der Waals surface area contributed by atoms with Crippen LogP contribution in [0.5, 0.6) is 0 Å². The van der Waals surface area contributed by atoms with E-state index in [9.17, 15) is 4.79 Å². The number of fused-ring (bicyclic) bond motifs is 1. The molecule has 1 aliphatic rings. The summed E-state index contributed by atoms with van der Waals surface area (Å²) in [6.07, 6.45) is 4.04. The standard InChI is InChI=1S/C21H23N3O/c1-21(17-6-3-2-4-7-17)11-5-13-24(15-21)20(25)23-18-8-9-19-16(14-18)10-12-22-19/h2-4,6-10,12,14,22H,5,11,13,15H2,1H3,(H,23,25). The fourth-order valence-electron chi connectivity index (χ4n) is 3.82. The number of likely N-dealkylation sites (tertiary alicyclic amines) is 1. The molecule has 1 aromatic heterocycles. The van der Waals surface area contributed by atoms with Crippen LogP contribution >= 0.6 is 0 Å². The molecule has 2 amide bonds. The van der Waals surface area contributed by atoms with E-state index in [2.05, 4.69) is 41.5 Å². The van der Waals surface area contributed by atoms with E-state index in [-0.39, 0.29) is 11.4 Å². The van der Waals surface area contributed by atoms with E-state index in [1.807, 2.05) is 41.4 Å². The lowest BCUT2D eigenvalue weighted by Gasteiger charge is -2.40. The van der Waals surface area contributed by atoms with Crippen LogP contribution in [-0.2, 0) is 5.41 Å². The van der Waals surface area contributed by atoms with E-state index in [4.69, 9.17) is 0 Å². The molecule has 1 saturated heterocycles. The minimum absolute atomic E-state index is 0.0153. The number of amides is 2. The van der Waals surface area contributed by atoms with Gasteiger partial charge in [0.15, 0.2) is 0 Å². The number of aromatic nitrogens is 1. The summed E-state index contributed by atoms with van der Waals surface area (Å²) < 4.78 is 0. The Morgan fingerprint density at radius 3 is 2.84 bits per heavy atom. The van der Waals surface area contributed by atoms with Gasteiger partial charge >= 0.3 is 6.03 Å². The number of aromatic amines is 1. The summed E-state index contributed by atoms with van der Waals surface area (Å²) >= 11 is 0. The first-order valence-corrected chi connectivity index (χ1v) is 8.83. The quantitative estimate of drug-likeness (QED) is 0.698. The Morgan fingerprint density at radius 1 is 1.16 bits per heavy atom. The number of hydrogen-bond acceptors (Lipinski definition) is 1. The van der Waals surface area contributed by atoms with Crippen LogP contribution in [0.25, 0.3) is 10.9 Å². The van der Waals surface area contributed by atoms with Crippen LogP contribution in [0.4, 0.5) is 10.5 Å². The van der Waals surface area contributed by atoms with Crippen LogP contribution in [0.3, 0.4) is 0 Å². The number of piperidine rings is 1. The first-order valence-electron chi connectivity index (χ1n) is 8.83. The number of nitrogens with one attached hydrogen (secondary N) is 2. The van der Waals surface area contributed by atoms with E-state index in [0.717, 1.165) is 42.5 Å². The lowest BCUT2D eigenvalue weighted by molar-refractivity contribution is 0.167. The van der Waals surface area contributed by atoms with Crippen molar-refractivity contribution in [1.82, 2.24) is 9.88 Å². The first-order chi connectivity index (χ1) is 12.1. The van der Waals surface area contributed by atoms with E-state index < -0.39 is 0 Å².